The summed E-state index contributed by atoms with van der Waals surface area (Å²) in [6.45, 7) is 0.0609. The maximum absolute atomic E-state index is 11.5. The molecule has 0 fully saturated rings. The minimum absolute atomic E-state index is 0.0501. The molecular weight excluding hydrogens is 291 g/mol. The highest BCUT2D eigenvalue weighted by Gasteiger charge is 2.07. The first-order valence-corrected chi connectivity index (χ1v) is 6.04. The van der Waals surface area contributed by atoms with Crippen molar-refractivity contribution in [3.8, 4) is 0 Å². The Bertz CT molecular complexity index is 600. The number of carbonyl (C=O) groups is 1. The van der Waals surface area contributed by atoms with Crippen molar-refractivity contribution in [2.45, 2.75) is 13.2 Å². The van der Waals surface area contributed by atoms with Gasteiger partial charge in [0.2, 0.25) is 5.95 Å². The number of hydrogen-bond donors (Lipinski definition) is 1. The predicted molar refractivity (Wildman–Crippen MR) is 70.7 cm³/mol. The van der Waals surface area contributed by atoms with E-state index in [4.69, 9.17) is 33.7 Å². The van der Waals surface area contributed by atoms with Crippen LogP contribution in [0.3, 0.4) is 0 Å². The van der Waals surface area contributed by atoms with Gasteiger partial charge in [0.25, 0.3) is 0 Å². The number of nitrogens with two attached hydrogens (primary N) is 1. The number of halogens is 2. The molecule has 0 spiro atoms. The molecule has 0 bridgehead atoms. The van der Waals surface area contributed by atoms with Gasteiger partial charge in [0.05, 0.1) is 10.0 Å². The molecule has 0 aliphatic carbocycles. The van der Waals surface area contributed by atoms with Gasteiger partial charge >= 0.3 is 5.97 Å². The van der Waals surface area contributed by atoms with Crippen LogP contribution in [0.4, 0.5) is 5.95 Å². The van der Waals surface area contributed by atoms with E-state index in [9.17, 15) is 4.79 Å². The number of benzene rings is 1. The van der Waals surface area contributed by atoms with Crippen LogP contribution in [0.1, 0.15) is 5.56 Å². The maximum Gasteiger partial charge on any atom is 0.328 e. The fraction of sp³-hybridized carbons (Fsp3) is 0.182. The summed E-state index contributed by atoms with van der Waals surface area (Å²) in [7, 11) is 0. The summed E-state index contributed by atoms with van der Waals surface area (Å²) in [6, 6.07) is 5.02. The van der Waals surface area contributed by atoms with Crippen molar-refractivity contribution < 1.29 is 9.53 Å². The SMILES string of the molecule is Nc1ncn(CC(=O)OCc2ccc(Cl)c(Cl)c2)n1. The summed E-state index contributed by atoms with van der Waals surface area (Å²) >= 11 is 11.6. The average molecular weight is 301 g/mol. The van der Waals surface area contributed by atoms with Crippen molar-refractivity contribution in [1.82, 2.24) is 14.8 Å². The molecule has 1 aromatic heterocycles. The monoisotopic (exact) mass is 300 g/mol. The van der Waals surface area contributed by atoms with Gasteiger partial charge < -0.3 is 10.5 Å². The highest BCUT2D eigenvalue weighted by Crippen LogP contribution is 2.22. The Kier molecular flexibility index (Phi) is 4.24. The summed E-state index contributed by atoms with van der Waals surface area (Å²) < 4.78 is 6.36. The lowest BCUT2D eigenvalue weighted by atomic mass is 10.2. The second kappa shape index (κ2) is 5.90. The number of rotatable bonds is 4. The lowest BCUT2D eigenvalue weighted by Crippen LogP contribution is -2.14. The van der Waals surface area contributed by atoms with Gasteiger partial charge in [0, 0.05) is 0 Å². The van der Waals surface area contributed by atoms with E-state index < -0.39 is 5.97 Å². The van der Waals surface area contributed by atoms with E-state index in [2.05, 4.69) is 10.1 Å². The topological polar surface area (TPSA) is 83.0 Å². The molecular formula is C11H10Cl2N4O2. The largest absolute Gasteiger partial charge is 0.459 e. The van der Waals surface area contributed by atoms with Crippen molar-refractivity contribution in [2.75, 3.05) is 5.73 Å². The van der Waals surface area contributed by atoms with Crippen LogP contribution in [0.2, 0.25) is 10.0 Å². The van der Waals surface area contributed by atoms with Gasteiger partial charge in [-0.1, -0.05) is 29.3 Å². The quantitative estimate of drug-likeness (QED) is 0.872. The lowest BCUT2D eigenvalue weighted by molar-refractivity contribution is -0.145. The van der Waals surface area contributed by atoms with Crippen LogP contribution in [0.5, 0.6) is 0 Å². The van der Waals surface area contributed by atoms with E-state index in [1.165, 1.54) is 11.0 Å². The molecule has 0 unspecified atom stereocenters. The summed E-state index contributed by atoms with van der Waals surface area (Å²) in [5.41, 5.74) is 6.08. The molecule has 0 radical (unpaired) electrons. The number of hydrogen-bond acceptors (Lipinski definition) is 5. The second-order valence-corrected chi connectivity index (χ2v) is 4.52. The second-order valence-electron chi connectivity index (χ2n) is 3.71. The molecule has 6 nitrogen and oxygen atoms in total. The lowest BCUT2D eigenvalue weighted by Gasteiger charge is -2.05. The molecule has 2 rings (SSSR count). The summed E-state index contributed by atoms with van der Waals surface area (Å²) in [6.07, 6.45) is 1.36. The fourth-order valence-electron chi connectivity index (χ4n) is 1.36. The van der Waals surface area contributed by atoms with E-state index in [1.807, 2.05) is 0 Å². The van der Waals surface area contributed by atoms with Gasteiger partial charge in [-0.2, -0.15) is 0 Å². The minimum atomic E-state index is -0.448. The molecule has 2 aromatic rings. The number of carbonyl (C=O) groups excluding carboxylic acids is 1. The van der Waals surface area contributed by atoms with Crippen LogP contribution in [-0.4, -0.2) is 20.7 Å². The average Bonchev–Trinajstić information content (AvgIpc) is 2.76. The van der Waals surface area contributed by atoms with Gasteiger partial charge in [-0.3, -0.25) is 4.79 Å². The van der Waals surface area contributed by atoms with Gasteiger partial charge in [-0.05, 0) is 17.7 Å². The Morgan fingerprint density at radius 2 is 2.16 bits per heavy atom. The fourth-order valence-corrected chi connectivity index (χ4v) is 1.68. The Labute approximate surface area is 119 Å². The van der Waals surface area contributed by atoms with Crippen LogP contribution in [0, 0.1) is 0 Å². The van der Waals surface area contributed by atoms with E-state index in [1.54, 1.807) is 18.2 Å². The smallest absolute Gasteiger partial charge is 0.328 e. The molecule has 0 aliphatic rings. The van der Waals surface area contributed by atoms with Crippen LogP contribution >= 0.6 is 23.2 Å². The van der Waals surface area contributed by atoms with Crippen LogP contribution < -0.4 is 5.73 Å². The number of nitrogen functional groups attached to an aromatic ring is 1. The Morgan fingerprint density at radius 3 is 2.79 bits per heavy atom. The number of esters is 1. The van der Waals surface area contributed by atoms with Crippen molar-refractivity contribution in [3.05, 3.63) is 40.1 Å². The third-order valence-corrected chi connectivity index (χ3v) is 2.97. The first-order valence-electron chi connectivity index (χ1n) is 5.29. The van der Waals surface area contributed by atoms with Crippen molar-refractivity contribution in [3.63, 3.8) is 0 Å². The molecule has 19 heavy (non-hydrogen) atoms. The molecule has 100 valence electrons. The molecule has 0 aliphatic heterocycles. The van der Waals surface area contributed by atoms with Crippen molar-refractivity contribution in [2.24, 2.45) is 0 Å². The number of anilines is 1. The zero-order valence-electron chi connectivity index (χ0n) is 9.72. The summed E-state index contributed by atoms with van der Waals surface area (Å²) in [4.78, 5) is 15.2. The van der Waals surface area contributed by atoms with E-state index >= 15 is 0 Å². The van der Waals surface area contributed by atoms with Crippen molar-refractivity contribution >= 4 is 35.1 Å². The van der Waals surface area contributed by atoms with E-state index in [-0.39, 0.29) is 19.1 Å². The van der Waals surface area contributed by atoms with E-state index in [0.29, 0.717) is 10.0 Å². The van der Waals surface area contributed by atoms with Gasteiger partial charge in [-0.15, -0.1) is 5.10 Å². The zero-order valence-corrected chi connectivity index (χ0v) is 11.2. The number of ether oxygens (including phenoxy) is 1. The Hall–Kier alpha value is -1.79. The van der Waals surface area contributed by atoms with Gasteiger partial charge in [0.15, 0.2) is 0 Å². The molecule has 0 saturated heterocycles. The van der Waals surface area contributed by atoms with Gasteiger partial charge in [-0.25, -0.2) is 9.67 Å². The molecule has 8 heteroatoms. The normalized spacial score (nSPS) is 10.4. The summed E-state index contributed by atoms with van der Waals surface area (Å²) in [5.74, 6) is -0.340. The third-order valence-electron chi connectivity index (χ3n) is 2.23. The van der Waals surface area contributed by atoms with Crippen molar-refractivity contribution in [1.29, 1.82) is 0 Å². The first-order chi connectivity index (χ1) is 9.04. The standard InChI is InChI=1S/C11H10Cl2N4O2/c12-8-2-1-7(3-9(8)13)5-19-10(18)4-17-6-15-11(14)16-17/h1-3,6H,4-5H2,(H2,14,16). The molecule has 0 saturated carbocycles. The highest BCUT2D eigenvalue weighted by atomic mass is 35.5. The molecule has 1 aromatic carbocycles. The Balaban J connectivity index is 1.88. The number of nitrogens with zero attached hydrogens (tertiary/aromatic N) is 3. The van der Waals surface area contributed by atoms with Gasteiger partial charge in [0.1, 0.15) is 19.5 Å². The zero-order chi connectivity index (χ0) is 13.8. The molecule has 2 N–H and O–H groups in total. The minimum Gasteiger partial charge on any atom is -0.459 e. The Morgan fingerprint density at radius 1 is 1.37 bits per heavy atom. The van der Waals surface area contributed by atoms with Crippen LogP contribution in [0.15, 0.2) is 24.5 Å². The van der Waals surface area contributed by atoms with Crippen LogP contribution in [0.25, 0.3) is 0 Å². The first kappa shape index (κ1) is 13.6. The molecule has 0 atom stereocenters. The summed E-state index contributed by atoms with van der Waals surface area (Å²) in [5, 5.41) is 4.64. The predicted octanol–water partition coefficient (Wildman–Crippen LogP) is 1.91. The van der Waals surface area contributed by atoms with Crippen LogP contribution in [-0.2, 0) is 22.7 Å². The highest BCUT2D eigenvalue weighted by molar-refractivity contribution is 6.42. The third kappa shape index (κ3) is 3.84. The van der Waals surface area contributed by atoms with E-state index in [0.717, 1.165) is 5.56 Å². The number of aromatic nitrogens is 3. The molecule has 1 heterocycles. The maximum atomic E-state index is 11.5. The molecule has 0 amide bonds.